The monoisotopic (exact) mass is 216 g/mol. The van der Waals surface area contributed by atoms with E-state index in [0.29, 0.717) is 6.61 Å². The average Bonchev–Trinajstić information content (AvgIpc) is 2.15. The summed E-state index contributed by atoms with van der Waals surface area (Å²) in [6, 6.07) is 0.217. The Bertz CT molecular complexity index is 203. The van der Waals surface area contributed by atoms with Crippen molar-refractivity contribution < 1.29 is 9.53 Å². The van der Waals surface area contributed by atoms with Crippen LogP contribution in [0.15, 0.2) is 0 Å². The van der Waals surface area contributed by atoms with Gasteiger partial charge in [-0.1, -0.05) is 6.92 Å². The molecule has 0 rings (SSSR count). The van der Waals surface area contributed by atoms with Crippen molar-refractivity contribution in [3.8, 4) is 0 Å². The first-order valence-corrected chi connectivity index (χ1v) is 5.33. The SMILES string of the molecule is CCC(COC)NC(C)(C)C(=O)N(C)C. The first-order valence-electron chi connectivity index (χ1n) is 5.33. The van der Waals surface area contributed by atoms with Gasteiger partial charge < -0.3 is 9.64 Å². The van der Waals surface area contributed by atoms with E-state index in [2.05, 4.69) is 12.2 Å². The number of hydrogen-bond donors (Lipinski definition) is 1. The van der Waals surface area contributed by atoms with E-state index in [1.54, 1.807) is 26.1 Å². The zero-order valence-corrected chi connectivity index (χ0v) is 10.8. The number of rotatable bonds is 6. The number of hydrogen-bond acceptors (Lipinski definition) is 3. The summed E-state index contributed by atoms with van der Waals surface area (Å²) in [5.41, 5.74) is -0.539. The summed E-state index contributed by atoms with van der Waals surface area (Å²) in [6.07, 6.45) is 0.942. The van der Waals surface area contributed by atoms with Crippen LogP contribution in [0.1, 0.15) is 27.2 Å². The van der Waals surface area contributed by atoms with Gasteiger partial charge >= 0.3 is 0 Å². The van der Waals surface area contributed by atoms with Crippen molar-refractivity contribution in [2.75, 3.05) is 27.8 Å². The van der Waals surface area contributed by atoms with Crippen LogP contribution >= 0.6 is 0 Å². The molecule has 1 unspecified atom stereocenters. The highest BCUT2D eigenvalue weighted by molar-refractivity contribution is 5.85. The molecule has 15 heavy (non-hydrogen) atoms. The predicted octanol–water partition coefficient (Wildman–Crippen LogP) is 0.868. The third-order valence-electron chi connectivity index (χ3n) is 2.37. The number of ether oxygens (including phenoxy) is 1. The Balaban J connectivity index is 4.39. The molecule has 0 aliphatic rings. The highest BCUT2D eigenvalue weighted by atomic mass is 16.5. The molecule has 0 bridgehead atoms. The van der Waals surface area contributed by atoms with Gasteiger partial charge in [-0.05, 0) is 20.3 Å². The molecular formula is C11H24N2O2. The molecule has 90 valence electrons. The van der Waals surface area contributed by atoms with Crippen molar-refractivity contribution >= 4 is 5.91 Å². The standard InChI is InChI=1S/C11H24N2O2/c1-7-9(8-15-6)12-11(2,3)10(14)13(4)5/h9,12H,7-8H2,1-6H3. The number of carbonyl (C=O) groups excluding carboxylic acids is 1. The molecular weight excluding hydrogens is 192 g/mol. The van der Waals surface area contributed by atoms with E-state index in [0.717, 1.165) is 6.42 Å². The predicted molar refractivity (Wildman–Crippen MR) is 61.9 cm³/mol. The molecule has 0 fully saturated rings. The van der Waals surface area contributed by atoms with Gasteiger partial charge in [0.05, 0.1) is 12.1 Å². The smallest absolute Gasteiger partial charge is 0.241 e. The van der Waals surface area contributed by atoms with Crippen molar-refractivity contribution in [3.05, 3.63) is 0 Å². The molecule has 0 radical (unpaired) electrons. The van der Waals surface area contributed by atoms with Gasteiger partial charge in [0.1, 0.15) is 0 Å². The van der Waals surface area contributed by atoms with Crippen LogP contribution in [0.3, 0.4) is 0 Å². The summed E-state index contributed by atoms with van der Waals surface area (Å²) in [6.45, 7) is 6.49. The molecule has 0 aromatic heterocycles. The van der Waals surface area contributed by atoms with Crippen molar-refractivity contribution in [1.82, 2.24) is 10.2 Å². The lowest BCUT2D eigenvalue weighted by molar-refractivity contribution is -0.135. The molecule has 0 saturated carbocycles. The number of likely N-dealkylation sites (N-methyl/N-ethyl adjacent to an activating group) is 1. The molecule has 1 amide bonds. The van der Waals surface area contributed by atoms with E-state index in [-0.39, 0.29) is 11.9 Å². The van der Waals surface area contributed by atoms with Crippen LogP contribution in [0, 0.1) is 0 Å². The Morgan fingerprint density at radius 2 is 2.00 bits per heavy atom. The van der Waals surface area contributed by atoms with Crippen LogP contribution in [0.2, 0.25) is 0 Å². The summed E-state index contributed by atoms with van der Waals surface area (Å²) in [5.74, 6) is 0.0806. The van der Waals surface area contributed by atoms with Crippen molar-refractivity contribution in [2.24, 2.45) is 0 Å². The Hall–Kier alpha value is -0.610. The normalized spacial score (nSPS) is 13.7. The molecule has 0 aliphatic heterocycles. The van der Waals surface area contributed by atoms with Gasteiger partial charge in [-0.25, -0.2) is 0 Å². The van der Waals surface area contributed by atoms with E-state index in [1.165, 1.54) is 0 Å². The van der Waals surface area contributed by atoms with Gasteiger partial charge in [0.15, 0.2) is 0 Å². The summed E-state index contributed by atoms with van der Waals surface area (Å²) in [5, 5.41) is 3.31. The Morgan fingerprint density at radius 1 is 1.47 bits per heavy atom. The molecule has 4 nitrogen and oxygen atoms in total. The van der Waals surface area contributed by atoms with Crippen molar-refractivity contribution in [1.29, 1.82) is 0 Å². The van der Waals surface area contributed by atoms with E-state index in [4.69, 9.17) is 4.74 Å². The molecule has 4 heteroatoms. The van der Waals surface area contributed by atoms with Gasteiger partial charge in [-0.15, -0.1) is 0 Å². The van der Waals surface area contributed by atoms with E-state index in [1.807, 2.05) is 13.8 Å². The molecule has 0 aromatic rings. The van der Waals surface area contributed by atoms with E-state index >= 15 is 0 Å². The Kier molecular flexibility index (Phi) is 5.83. The number of nitrogens with one attached hydrogen (secondary N) is 1. The molecule has 0 spiro atoms. The molecule has 1 N–H and O–H groups in total. The number of methoxy groups -OCH3 is 1. The summed E-state index contributed by atoms with van der Waals surface area (Å²) in [7, 11) is 5.21. The number of carbonyl (C=O) groups is 1. The first kappa shape index (κ1) is 14.4. The molecule has 0 aliphatic carbocycles. The minimum Gasteiger partial charge on any atom is -0.383 e. The lowest BCUT2D eigenvalue weighted by Crippen LogP contribution is -2.56. The van der Waals surface area contributed by atoms with Gasteiger partial charge in [-0.2, -0.15) is 0 Å². The van der Waals surface area contributed by atoms with Crippen molar-refractivity contribution in [2.45, 2.75) is 38.8 Å². The second-order valence-electron chi connectivity index (χ2n) is 4.53. The lowest BCUT2D eigenvalue weighted by Gasteiger charge is -2.32. The summed E-state index contributed by atoms with van der Waals surface area (Å²) < 4.78 is 5.09. The third kappa shape index (κ3) is 4.62. The van der Waals surface area contributed by atoms with Crippen LogP contribution in [0.4, 0.5) is 0 Å². The zero-order chi connectivity index (χ0) is 12.1. The molecule has 0 aromatic carbocycles. The largest absolute Gasteiger partial charge is 0.383 e. The summed E-state index contributed by atoms with van der Waals surface area (Å²) in [4.78, 5) is 13.4. The highest BCUT2D eigenvalue weighted by Gasteiger charge is 2.30. The van der Waals surface area contributed by atoms with Crippen LogP contribution in [0.5, 0.6) is 0 Å². The fraction of sp³-hybridized carbons (Fsp3) is 0.909. The molecule has 0 heterocycles. The van der Waals surface area contributed by atoms with Gasteiger partial charge in [0, 0.05) is 27.2 Å². The molecule has 1 atom stereocenters. The van der Waals surface area contributed by atoms with Gasteiger partial charge in [0.25, 0.3) is 0 Å². The molecule has 0 saturated heterocycles. The highest BCUT2D eigenvalue weighted by Crippen LogP contribution is 2.08. The van der Waals surface area contributed by atoms with Crippen LogP contribution in [0.25, 0.3) is 0 Å². The second-order valence-corrected chi connectivity index (χ2v) is 4.53. The quantitative estimate of drug-likeness (QED) is 0.716. The number of nitrogens with zero attached hydrogens (tertiary/aromatic N) is 1. The maximum Gasteiger partial charge on any atom is 0.241 e. The fourth-order valence-corrected chi connectivity index (χ4v) is 1.59. The minimum atomic E-state index is -0.539. The zero-order valence-electron chi connectivity index (χ0n) is 10.8. The first-order chi connectivity index (χ1) is 6.85. The maximum absolute atomic E-state index is 11.8. The lowest BCUT2D eigenvalue weighted by atomic mass is 10.0. The fourth-order valence-electron chi connectivity index (χ4n) is 1.59. The minimum absolute atomic E-state index is 0.0806. The van der Waals surface area contributed by atoms with Gasteiger partial charge in [0.2, 0.25) is 5.91 Å². The van der Waals surface area contributed by atoms with Crippen LogP contribution in [-0.2, 0) is 9.53 Å². The number of amides is 1. The van der Waals surface area contributed by atoms with E-state index < -0.39 is 5.54 Å². The van der Waals surface area contributed by atoms with Gasteiger partial charge in [-0.3, -0.25) is 10.1 Å². The second kappa shape index (κ2) is 6.08. The Morgan fingerprint density at radius 3 is 2.33 bits per heavy atom. The average molecular weight is 216 g/mol. The third-order valence-corrected chi connectivity index (χ3v) is 2.37. The van der Waals surface area contributed by atoms with Crippen molar-refractivity contribution in [3.63, 3.8) is 0 Å². The topological polar surface area (TPSA) is 41.6 Å². The Labute approximate surface area is 93.0 Å². The van der Waals surface area contributed by atoms with Crippen LogP contribution in [-0.4, -0.2) is 50.2 Å². The van der Waals surface area contributed by atoms with E-state index in [9.17, 15) is 4.79 Å². The maximum atomic E-state index is 11.8. The summed E-state index contributed by atoms with van der Waals surface area (Å²) >= 11 is 0. The van der Waals surface area contributed by atoms with Crippen LogP contribution < -0.4 is 5.32 Å².